The summed E-state index contributed by atoms with van der Waals surface area (Å²) in [6, 6.07) is 0. The van der Waals surface area contributed by atoms with Gasteiger partial charge in [0.25, 0.3) is 0 Å². The zero-order chi connectivity index (χ0) is 7.56. The van der Waals surface area contributed by atoms with Gasteiger partial charge in [-0.15, -0.1) is 5.10 Å². The fourth-order valence-electron chi connectivity index (χ4n) is 0.701. The van der Waals surface area contributed by atoms with E-state index >= 15 is 0 Å². The van der Waals surface area contributed by atoms with Crippen molar-refractivity contribution in [2.75, 3.05) is 0 Å². The zero-order valence-corrected chi connectivity index (χ0v) is 6.07. The van der Waals surface area contributed by atoms with Gasteiger partial charge in [0, 0.05) is 0 Å². The number of nitrogens with zero attached hydrogens (tertiary/aromatic N) is 2. The molecule has 4 heteroatoms. The van der Waals surface area contributed by atoms with Gasteiger partial charge in [-0.1, -0.05) is 13.8 Å². The number of rotatable bonds is 2. The Hall–Kier alpha value is -1.06. The molecule has 0 amide bonds. The molecule has 0 N–H and O–H groups in total. The summed E-state index contributed by atoms with van der Waals surface area (Å²) in [6.45, 7) is 4.65. The first-order valence-electron chi connectivity index (χ1n) is 3.20. The lowest BCUT2D eigenvalue weighted by atomic mass is 10.2. The van der Waals surface area contributed by atoms with E-state index in [1.165, 1.54) is 4.68 Å². The Morgan fingerprint density at radius 3 is 2.90 bits per heavy atom. The summed E-state index contributed by atoms with van der Waals surface area (Å²) in [5.74, 6) is 0.0384. The van der Waals surface area contributed by atoms with Crippen LogP contribution in [0.5, 0.6) is 0 Å². The lowest BCUT2D eigenvalue weighted by Gasteiger charge is -1.99. The third-order valence-corrected chi connectivity index (χ3v) is 1.09. The fraction of sp³-hybridized carbons (Fsp3) is 0.667. The third-order valence-electron chi connectivity index (χ3n) is 1.09. The van der Waals surface area contributed by atoms with Crippen LogP contribution in [-0.4, -0.2) is 9.78 Å². The first-order chi connectivity index (χ1) is 4.70. The zero-order valence-electron chi connectivity index (χ0n) is 6.07. The van der Waals surface area contributed by atoms with E-state index in [0.29, 0.717) is 12.5 Å². The summed E-state index contributed by atoms with van der Waals surface area (Å²) < 4.78 is 5.77. The van der Waals surface area contributed by atoms with Gasteiger partial charge in [0.15, 0.2) is 0 Å². The van der Waals surface area contributed by atoms with Gasteiger partial charge in [-0.2, -0.15) is 4.68 Å². The average molecular weight is 142 g/mol. The number of hydrogen-bond acceptors (Lipinski definition) is 3. The molecule has 1 aromatic rings. The van der Waals surface area contributed by atoms with Crippen LogP contribution < -0.4 is 5.76 Å². The number of hydrogen-bond donors (Lipinski definition) is 0. The first kappa shape index (κ1) is 7.05. The van der Waals surface area contributed by atoms with E-state index in [1.54, 1.807) is 0 Å². The molecule has 0 aliphatic rings. The van der Waals surface area contributed by atoms with Crippen LogP contribution in [0.3, 0.4) is 0 Å². The minimum Gasteiger partial charge on any atom is -0.395 e. The van der Waals surface area contributed by atoms with Crippen molar-refractivity contribution < 1.29 is 4.42 Å². The highest BCUT2D eigenvalue weighted by Crippen LogP contribution is 1.92. The second-order valence-electron chi connectivity index (χ2n) is 2.58. The van der Waals surface area contributed by atoms with E-state index in [2.05, 4.69) is 9.52 Å². The van der Waals surface area contributed by atoms with Crippen molar-refractivity contribution in [1.29, 1.82) is 0 Å². The van der Waals surface area contributed by atoms with Crippen LogP contribution in [0.15, 0.2) is 15.6 Å². The summed E-state index contributed by atoms with van der Waals surface area (Å²) in [5.41, 5.74) is 0. The maximum atomic E-state index is 10.7. The summed E-state index contributed by atoms with van der Waals surface area (Å²) >= 11 is 0. The van der Waals surface area contributed by atoms with Gasteiger partial charge in [-0.25, -0.2) is 4.79 Å². The van der Waals surface area contributed by atoms with Crippen LogP contribution in [0.4, 0.5) is 0 Å². The molecule has 0 bridgehead atoms. The lowest BCUT2D eigenvalue weighted by Crippen LogP contribution is -2.18. The molecule has 0 aromatic carbocycles. The van der Waals surface area contributed by atoms with E-state index in [0.717, 1.165) is 6.39 Å². The maximum Gasteiger partial charge on any atom is 0.436 e. The van der Waals surface area contributed by atoms with Gasteiger partial charge < -0.3 is 4.42 Å². The Morgan fingerprint density at radius 2 is 2.50 bits per heavy atom. The molecule has 0 aliphatic carbocycles. The molecule has 0 aliphatic heterocycles. The Labute approximate surface area is 58.5 Å². The molecule has 0 saturated heterocycles. The van der Waals surface area contributed by atoms with Gasteiger partial charge in [-0.3, -0.25) is 0 Å². The fourth-order valence-corrected chi connectivity index (χ4v) is 0.701. The lowest BCUT2D eigenvalue weighted by molar-refractivity contribution is 0.430. The van der Waals surface area contributed by atoms with Crippen LogP contribution in [0.25, 0.3) is 0 Å². The maximum absolute atomic E-state index is 10.7. The second-order valence-corrected chi connectivity index (χ2v) is 2.58. The van der Waals surface area contributed by atoms with Gasteiger partial charge in [0.2, 0.25) is 6.39 Å². The average Bonchev–Trinajstić information content (AvgIpc) is 2.15. The van der Waals surface area contributed by atoms with E-state index < -0.39 is 0 Å². The summed E-state index contributed by atoms with van der Waals surface area (Å²) in [7, 11) is 0. The predicted molar refractivity (Wildman–Crippen MR) is 35.6 cm³/mol. The van der Waals surface area contributed by atoms with Crippen LogP contribution in [0.2, 0.25) is 0 Å². The van der Waals surface area contributed by atoms with Crippen molar-refractivity contribution in [2.45, 2.75) is 20.4 Å². The Morgan fingerprint density at radius 1 is 1.80 bits per heavy atom. The topological polar surface area (TPSA) is 48.0 Å². The molecule has 0 spiro atoms. The van der Waals surface area contributed by atoms with Crippen molar-refractivity contribution >= 4 is 0 Å². The summed E-state index contributed by atoms with van der Waals surface area (Å²) in [6.07, 6.45) is 1.16. The van der Waals surface area contributed by atoms with Crippen LogP contribution in [0.1, 0.15) is 13.8 Å². The SMILES string of the molecule is CC(C)Cn1ncoc1=O. The van der Waals surface area contributed by atoms with Gasteiger partial charge >= 0.3 is 5.76 Å². The largest absolute Gasteiger partial charge is 0.436 e. The molecule has 1 heterocycles. The minimum absolute atomic E-state index is 0.381. The third kappa shape index (κ3) is 1.46. The van der Waals surface area contributed by atoms with E-state index in [-0.39, 0.29) is 5.76 Å². The van der Waals surface area contributed by atoms with Crippen molar-refractivity contribution in [3.8, 4) is 0 Å². The van der Waals surface area contributed by atoms with Crippen LogP contribution in [-0.2, 0) is 6.54 Å². The molecule has 56 valence electrons. The van der Waals surface area contributed by atoms with Crippen LogP contribution in [0, 0.1) is 5.92 Å². The molecule has 10 heavy (non-hydrogen) atoms. The van der Waals surface area contributed by atoms with Crippen molar-refractivity contribution in [2.24, 2.45) is 5.92 Å². The van der Waals surface area contributed by atoms with E-state index in [4.69, 9.17) is 0 Å². The molecular formula is C6H10N2O2. The molecule has 4 nitrogen and oxygen atoms in total. The predicted octanol–water partition coefficient (Wildman–Crippen LogP) is 0.492. The first-order valence-corrected chi connectivity index (χ1v) is 3.20. The van der Waals surface area contributed by atoms with E-state index in [9.17, 15) is 4.79 Å². The van der Waals surface area contributed by atoms with Gasteiger partial charge in [0.1, 0.15) is 0 Å². The molecule has 1 rings (SSSR count). The Balaban J connectivity index is 2.75. The number of aromatic nitrogens is 2. The normalized spacial score (nSPS) is 10.7. The van der Waals surface area contributed by atoms with Crippen molar-refractivity contribution in [3.63, 3.8) is 0 Å². The molecule has 0 unspecified atom stereocenters. The van der Waals surface area contributed by atoms with Crippen LogP contribution >= 0.6 is 0 Å². The van der Waals surface area contributed by atoms with Gasteiger partial charge in [-0.05, 0) is 5.92 Å². The van der Waals surface area contributed by atoms with Crippen molar-refractivity contribution in [3.05, 3.63) is 16.9 Å². The Kier molecular flexibility index (Phi) is 1.89. The molecule has 0 fully saturated rings. The smallest absolute Gasteiger partial charge is 0.395 e. The molecule has 0 saturated carbocycles. The highest BCUT2D eigenvalue weighted by molar-refractivity contribution is 4.53. The molecule has 1 aromatic heterocycles. The quantitative estimate of drug-likeness (QED) is 0.603. The monoisotopic (exact) mass is 142 g/mol. The molecule has 0 atom stereocenters. The standard InChI is InChI=1S/C6H10N2O2/c1-5(2)3-8-6(9)10-4-7-8/h4-5H,3H2,1-2H3. The minimum atomic E-state index is -0.381. The highest BCUT2D eigenvalue weighted by atomic mass is 16.4. The summed E-state index contributed by atoms with van der Waals surface area (Å²) in [5, 5.41) is 3.69. The second kappa shape index (κ2) is 2.68. The van der Waals surface area contributed by atoms with E-state index in [1.807, 2.05) is 13.8 Å². The Bertz CT molecular complexity index is 248. The summed E-state index contributed by atoms with van der Waals surface area (Å²) in [4.78, 5) is 10.7. The molecule has 0 radical (unpaired) electrons. The van der Waals surface area contributed by atoms with Crippen molar-refractivity contribution in [1.82, 2.24) is 9.78 Å². The molecular weight excluding hydrogens is 132 g/mol. The van der Waals surface area contributed by atoms with Gasteiger partial charge in [0.05, 0.1) is 6.54 Å². The highest BCUT2D eigenvalue weighted by Gasteiger charge is 2.00.